The monoisotopic (exact) mass is 895 g/mol. The number of ether oxygens (including phenoxy) is 1. The molecule has 0 aromatic heterocycles. The molecule has 352 valence electrons. The van der Waals surface area contributed by atoms with Gasteiger partial charge in [0, 0.05) is 12.8 Å². The number of amides is 9. The molecule has 0 spiro atoms. The minimum absolute atomic E-state index is 0.0360. The van der Waals surface area contributed by atoms with E-state index in [1.165, 1.54) is 41.5 Å². The highest BCUT2D eigenvalue weighted by Gasteiger charge is 2.41. The molecule has 2 aromatic carbocycles. The molecule has 12 N–H and O–H groups in total. The third kappa shape index (κ3) is 18.0. The minimum atomic E-state index is -1.77. The van der Waals surface area contributed by atoms with Crippen LogP contribution in [0.5, 0.6) is 0 Å². The number of carbonyl (C=O) groups excluding carboxylic acids is 9. The van der Waals surface area contributed by atoms with Gasteiger partial charge < -0.3 is 58.5 Å². The van der Waals surface area contributed by atoms with Gasteiger partial charge in [-0.05, 0) is 77.8 Å². The molecule has 64 heavy (non-hydrogen) atoms. The van der Waals surface area contributed by atoms with Crippen molar-refractivity contribution < 1.29 is 53.0 Å². The van der Waals surface area contributed by atoms with Crippen LogP contribution in [0.1, 0.15) is 92.2 Å². The fourth-order valence-corrected chi connectivity index (χ4v) is 5.95. The van der Waals surface area contributed by atoms with Crippen molar-refractivity contribution in [2.75, 3.05) is 6.61 Å². The largest absolute Gasteiger partial charge is 0.445 e. The van der Waals surface area contributed by atoms with Crippen molar-refractivity contribution in [3.05, 3.63) is 71.8 Å². The van der Waals surface area contributed by atoms with Crippen LogP contribution in [0, 0.1) is 5.92 Å². The number of aliphatic hydroxyl groups is 1. The molecule has 0 bridgehead atoms. The van der Waals surface area contributed by atoms with E-state index in [-0.39, 0.29) is 38.7 Å². The van der Waals surface area contributed by atoms with Crippen molar-refractivity contribution in [1.82, 2.24) is 37.2 Å². The van der Waals surface area contributed by atoms with E-state index >= 15 is 0 Å². The topological polar surface area (TPSA) is 319 Å². The lowest BCUT2D eigenvalue weighted by molar-refractivity contribution is -0.139. The Balaban J connectivity index is 2.15. The molecule has 20 nitrogen and oxygen atoms in total. The highest BCUT2D eigenvalue weighted by atomic mass is 16.5. The van der Waals surface area contributed by atoms with E-state index in [0.717, 1.165) is 11.1 Å². The first-order valence-corrected chi connectivity index (χ1v) is 20.9. The molecule has 0 fully saturated rings. The van der Waals surface area contributed by atoms with Gasteiger partial charge in [-0.25, -0.2) is 4.79 Å². The van der Waals surface area contributed by atoms with Gasteiger partial charge in [0.1, 0.15) is 41.3 Å². The Morgan fingerprint density at radius 1 is 0.578 bits per heavy atom. The second-order valence-corrected chi connectivity index (χ2v) is 17.4. The fourth-order valence-electron chi connectivity index (χ4n) is 5.95. The van der Waals surface area contributed by atoms with Gasteiger partial charge in [-0.3, -0.25) is 38.4 Å². The number of nitrogens with one attached hydrogen (secondary N) is 7. The molecule has 20 heteroatoms. The molecule has 2 aromatic rings. The van der Waals surface area contributed by atoms with Gasteiger partial charge in [-0.2, -0.15) is 0 Å². The first-order chi connectivity index (χ1) is 29.8. The maximum absolute atomic E-state index is 13.7. The van der Waals surface area contributed by atoms with Crippen LogP contribution in [0.2, 0.25) is 0 Å². The summed E-state index contributed by atoms with van der Waals surface area (Å²) in [5.74, 6) is -6.95. The van der Waals surface area contributed by atoms with E-state index < -0.39 is 107 Å². The van der Waals surface area contributed by atoms with Crippen LogP contribution in [-0.2, 0) is 56.1 Å². The van der Waals surface area contributed by atoms with Crippen LogP contribution in [0.15, 0.2) is 60.7 Å². The quantitative estimate of drug-likeness (QED) is 0.0625. The summed E-state index contributed by atoms with van der Waals surface area (Å²) >= 11 is 0. The van der Waals surface area contributed by atoms with E-state index in [4.69, 9.17) is 16.2 Å². The molecule has 0 saturated carbocycles. The van der Waals surface area contributed by atoms with E-state index in [0.29, 0.717) is 0 Å². The van der Waals surface area contributed by atoms with Crippen LogP contribution in [-0.4, -0.2) is 106 Å². The van der Waals surface area contributed by atoms with Crippen molar-refractivity contribution in [2.45, 2.75) is 135 Å². The first-order valence-electron chi connectivity index (χ1n) is 20.9. The average molecular weight is 896 g/mol. The molecule has 0 aliphatic rings. The molecular weight excluding hydrogens is 831 g/mol. The maximum atomic E-state index is 13.7. The number of aliphatic hydroxyl groups excluding tert-OH is 1. The highest BCUT2D eigenvalue weighted by molar-refractivity contribution is 6.00. The zero-order valence-electron chi connectivity index (χ0n) is 37.8. The number of nitrogens with two attached hydrogens (primary N) is 2. The van der Waals surface area contributed by atoms with Gasteiger partial charge in [-0.15, -0.1) is 0 Å². The Kier molecular flexibility index (Phi) is 20.4. The normalized spacial score (nSPS) is 13.5. The van der Waals surface area contributed by atoms with E-state index in [1.54, 1.807) is 68.4 Å². The summed E-state index contributed by atoms with van der Waals surface area (Å²) < 4.78 is 5.23. The van der Waals surface area contributed by atoms with Gasteiger partial charge in [0.25, 0.3) is 0 Å². The summed E-state index contributed by atoms with van der Waals surface area (Å²) in [5, 5.41) is 27.9. The van der Waals surface area contributed by atoms with E-state index in [1.807, 2.05) is 6.07 Å². The lowest BCUT2D eigenvalue weighted by Crippen LogP contribution is -2.66. The Morgan fingerprint density at radius 3 is 1.53 bits per heavy atom. The van der Waals surface area contributed by atoms with Crippen LogP contribution < -0.4 is 48.7 Å². The predicted molar refractivity (Wildman–Crippen MR) is 235 cm³/mol. The van der Waals surface area contributed by atoms with Crippen molar-refractivity contribution >= 4 is 53.4 Å². The maximum Gasteiger partial charge on any atom is 0.408 e. The summed E-state index contributed by atoms with van der Waals surface area (Å²) in [5.41, 5.74) is 7.24. The van der Waals surface area contributed by atoms with Gasteiger partial charge >= 0.3 is 6.09 Å². The fraction of sp³-hybridized carbons (Fsp3) is 0.523. The molecule has 0 aliphatic carbocycles. The van der Waals surface area contributed by atoms with E-state index in [2.05, 4.69) is 37.2 Å². The predicted octanol–water partition coefficient (Wildman–Crippen LogP) is -0.158. The van der Waals surface area contributed by atoms with Crippen LogP contribution in [0.3, 0.4) is 0 Å². The Bertz CT molecular complexity index is 1960. The molecule has 4 atom stereocenters. The first kappa shape index (κ1) is 53.6. The van der Waals surface area contributed by atoms with Crippen LogP contribution in [0.25, 0.3) is 0 Å². The smallest absolute Gasteiger partial charge is 0.408 e. The minimum Gasteiger partial charge on any atom is -0.445 e. The SMILES string of the molecule is CC(C)[C@H](NC(=O)C(C)(C)NC(=O)OCc1ccccc1)C(=O)NC(C)(C)C(=O)NC(C)(C)C(=O)N[C@@H](CCC(N)=O)C(=O)N[C@@H](CCC(N)=O)C(=O)N[C@H](CO)Cc1ccccc1. The second kappa shape index (κ2) is 24.3. The van der Waals surface area contributed by atoms with Crippen molar-refractivity contribution in [2.24, 2.45) is 17.4 Å². The third-order valence-corrected chi connectivity index (χ3v) is 9.93. The zero-order chi connectivity index (χ0) is 48.4. The molecule has 0 radical (unpaired) electrons. The molecule has 0 unspecified atom stereocenters. The number of hydrogen-bond acceptors (Lipinski definition) is 11. The lowest BCUT2D eigenvalue weighted by Gasteiger charge is -2.34. The molecule has 0 aliphatic heterocycles. The van der Waals surface area contributed by atoms with Gasteiger partial charge in [-0.1, -0.05) is 74.5 Å². The molecule has 0 saturated heterocycles. The summed E-state index contributed by atoms with van der Waals surface area (Å²) in [6, 6.07) is 13.1. The number of hydrogen-bond donors (Lipinski definition) is 10. The van der Waals surface area contributed by atoms with Gasteiger partial charge in [0.15, 0.2) is 0 Å². The highest BCUT2D eigenvalue weighted by Crippen LogP contribution is 2.14. The Hall–Kier alpha value is -6.57. The number of benzene rings is 2. The Labute approximate surface area is 373 Å². The van der Waals surface area contributed by atoms with Crippen LogP contribution in [0.4, 0.5) is 4.79 Å². The summed E-state index contributed by atoms with van der Waals surface area (Å²) in [4.78, 5) is 118. The summed E-state index contributed by atoms with van der Waals surface area (Å²) in [6.07, 6.45) is -1.85. The number of rotatable bonds is 25. The Morgan fingerprint density at radius 2 is 1.03 bits per heavy atom. The number of carbonyl (C=O) groups is 9. The third-order valence-electron chi connectivity index (χ3n) is 9.93. The second-order valence-electron chi connectivity index (χ2n) is 17.4. The van der Waals surface area contributed by atoms with Crippen LogP contribution >= 0.6 is 0 Å². The molecular formula is C44H65N9O11. The van der Waals surface area contributed by atoms with Gasteiger partial charge in [0.2, 0.25) is 47.3 Å². The number of alkyl carbamates (subject to hydrolysis) is 1. The summed E-state index contributed by atoms with van der Waals surface area (Å²) in [7, 11) is 0. The lowest BCUT2D eigenvalue weighted by atomic mass is 9.95. The van der Waals surface area contributed by atoms with Gasteiger partial charge in [0.05, 0.1) is 12.6 Å². The van der Waals surface area contributed by atoms with Crippen molar-refractivity contribution in [3.63, 3.8) is 0 Å². The van der Waals surface area contributed by atoms with Crippen molar-refractivity contribution in [1.29, 1.82) is 0 Å². The average Bonchev–Trinajstić information content (AvgIpc) is 3.21. The number of primary amides is 2. The molecule has 0 heterocycles. The molecule has 9 amide bonds. The zero-order valence-corrected chi connectivity index (χ0v) is 37.8. The molecule has 2 rings (SSSR count). The standard InChI is InChI=1S/C44H65N9O11/c1-26(2)34(50-39(61)43(5,6)53-41(63)64-25-28-17-13-10-14-18-28)37(59)51-44(7,8)40(62)52-42(3,4)38(60)49-31(20-22-33(46)56)36(58)48-30(19-21-32(45)55)35(57)47-29(24-54)23-27-15-11-9-12-16-27/h9-18,26,29-31,34,54H,19-25H2,1-8H3,(H2,45,55)(H2,46,56)(H,47,57)(H,48,58)(H,49,60)(H,50,61)(H,51,59)(H,52,62)(H,53,63)/t29-,30-,31-,34-/m0/s1. The summed E-state index contributed by atoms with van der Waals surface area (Å²) in [6.45, 7) is 11.1. The van der Waals surface area contributed by atoms with Crippen molar-refractivity contribution in [3.8, 4) is 0 Å². The van der Waals surface area contributed by atoms with E-state index in [9.17, 15) is 48.3 Å².